The Morgan fingerprint density at radius 1 is 1.41 bits per heavy atom. The summed E-state index contributed by atoms with van der Waals surface area (Å²) in [5, 5.41) is 4.13. The molecule has 1 amide bonds. The highest BCUT2D eigenvalue weighted by atomic mass is 32.1. The van der Waals surface area contributed by atoms with E-state index in [2.05, 4.69) is 11.4 Å². The van der Waals surface area contributed by atoms with E-state index < -0.39 is 0 Å². The third-order valence-electron chi connectivity index (χ3n) is 4.42. The number of methoxy groups -OCH3 is 1. The van der Waals surface area contributed by atoms with Gasteiger partial charge in [-0.05, 0) is 54.6 Å². The number of nitrogens with zero attached hydrogens (tertiary/aromatic N) is 2. The molecule has 1 atom stereocenters. The van der Waals surface area contributed by atoms with Crippen LogP contribution in [0.5, 0.6) is 0 Å². The zero-order chi connectivity index (χ0) is 15.5. The fraction of sp³-hybridized carbons (Fsp3) is 0.625. The largest absolute Gasteiger partial charge is 0.468 e. The Kier molecular flexibility index (Phi) is 4.78. The topological polar surface area (TPSA) is 49.9 Å². The molecular formula is C16H22N2O3S. The van der Waals surface area contributed by atoms with E-state index >= 15 is 0 Å². The molecule has 0 radical (unpaired) electrons. The van der Waals surface area contributed by atoms with Crippen LogP contribution in [0.2, 0.25) is 0 Å². The fourth-order valence-corrected chi connectivity index (χ4v) is 3.73. The molecule has 1 aliphatic heterocycles. The Morgan fingerprint density at radius 3 is 2.86 bits per heavy atom. The van der Waals surface area contributed by atoms with Crippen LogP contribution in [-0.4, -0.2) is 54.0 Å². The summed E-state index contributed by atoms with van der Waals surface area (Å²) >= 11 is 1.66. The summed E-state index contributed by atoms with van der Waals surface area (Å²) < 4.78 is 4.85. The van der Waals surface area contributed by atoms with Gasteiger partial charge < -0.3 is 9.64 Å². The summed E-state index contributed by atoms with van der Waals surface area (Å²) in [7, 11) is 1.41. The molecule has 1 saturated heterocycles. The van der Waals surface area contributed by atoms with E-state index in [1.165, 1.54) is 12.7 Å². The van der Waals surface area contributed by atoms with Crippen LogP contribution in [0.25, 0.3) is 0 Å². The Labute approximate surface area is 134 Å². The van der Waals surface area contributed by atoms with Crippen molar-refractivity contribution in [3.8, 4) is 0 Å². The highest BCUT2D eigenvalue weighted by molar-refractivity contribution is 7.07. The average molecular weight is 322 g/mol. The van der Waals surface area contributed by atoms with Gasteiger partial charge in [-0.15, -0.1) is 0 Å². The monoisotopic (exact) mass is 322 g/mol. The Hall–Kier alpha value is -1.40. The number of esters is 1. The standard InChI is InChI=1S/C16H22N2O3S/c1-21-16(20)14-3-2-7-17(14)10-15(19)18(13-4-5-13)9-12-6-8-22-11-12/h6,8,11,13-14H,2-5,7,9-10H2,1H3/t14-/m0/s1. The maximum Gasteiger partial charge on any atom is 0.323 e. The number of likely N-dealkylation sites (tertiary alicyclic amines) is 1. The summed E-state index contributed by atoms with van der Waals surface area (Å²) in [6.07, 6.45) is 3.92. The van der Waals surface area contributed by atoms with Crippen LogP contribution >= 0.6 is 11.3 Å². The van der Waals surface area contributed by atoms with Gasteiger partial charge in [-0.2, -0.15) is 11.3 Å². The predicted molar refractivity (Wildman–Crippen MR) is 84.5 cm³/mol. The maximum atomic E-state index is 12.7. The van der Waals surface area contributed by atoms with E-state index in [0.717, 1.165) is 32.2 Å². The molecule has 0 bridgehead atoms. The molecule has 120 valence electrons. The third kappa shape index (κ3) is 3.50. The van der Waals surface area contributed by atoms with Crippen molar-refractivity contribution in [1.82, 2.24) is 9.80 Å². The van der Waals surface area contributed by atoms with Crippen molar-refractivity contribution in [2.75, 3.05) is 20.2 Å². The molecule has 1 saturated carbocycles. The number of amides is 1. The lowest BCUT2D eigenvalue weighted by molar-refractivity contribution is -0.147. The summed E-state index contributed by atoms with van der Waals surface area (Å²) in [4.78, 5) is 28.4. The number of thiophene rings is 1. The second-order valence-electron chi connectivity index (χ2n) is 6.04. The van der Waals surface area contributed by atoms with E-state index in [1.807, 2.05) is 15.2 Å². The van der Waals surface area contributed by atoms with Crippen molar-refractivity contribution in [1.29, 1.82) is 0 Å². The molecule has 2 aliphatic rings. The molecule has 5 nitrogen and oxygen atoms in total. The lowest BCUT2D eigenvalue weighted by Gasteiger charge is -2.27. The zero-order valence-corrected chi connectivity index (χ0v) is 13.7. The number of hydrogen-bond acceptors (Lipinski definition) is 5. The minimum Gasteiger partial charge on any atom is -0.468 e. The minimum atomic E-state index is -0.254. The lowest BCUT2D eigenvalue weighted by atomic mass is 10.2. The van der Waals surface area contributed by atoms with Gasteiger partial charge in [0.2, 0.25) is 5.91 Å². The molecule has 1 aromatic rings. The van der Waals surface area contributed by atoms with Gasteiger partial charge in [0.15, 0.2) is 0 Å². The van der Waals surface area contributed by atoms with Gasteiger partial charge in [0.05, 0.1) is 13.7 Å². The number of ether oxygens (including phenoxy) is 1. The summed E-state index contributed by atoms with van der Waals surface area (Å²) in [6, 6.07) is 2.20. The van der Waals surface area contributed by atoms with E-state index in [4.69, 9.17) is 4.74 Å². The molecule has 22 heavy (non-hydrogen) atoms. The van der Waals surface area contributed by atoms with Gasteiger partial charge in [0.25, 0.3) is 0 Å². The molecule has 0 unspecified atom stereocenters. The fourth-order valence-electron chi connectivity index (χ4n) is 3.07. The Bertz CT molecular complexity index is 528. The molecule has 6 heteroatoms. The molecule has 1 aromatic heterocycles. The van der Waals surface area contributed by atoms with E-state index in [9.17, 15) is 9.59 Å². The van der Waals surface area contributed by atoms with Crippen molar-refractivity contribution < 1.29 is 14.3 Å². The van der Waals surface area contributed by atoms with Gasteiger partial charge in [-0.3, -0.25) is 14.5 Å². The van der Waals surface area contributed by atoms with Crippen LogP contribution in [0.1, 0.15) is 31.2 Å². The van der Waals surface area contributed by atoms with E-state index in [-0.39, 0.29) is 17.9 Å². The first-order chi connectivity index (χ1) is 10.7. The molecule has 0 spiro atoms. The first-order valence-electron chi connectivity index (χ1n) is 7.81. The molecule has 2 fully saturated rings. The van der Waals surface area contributed by atoms with Gasteiger partial charge in [-0.1, -0.05) is 0 Å². The van der Waals surface area contributed by atoms with Crippen molar-refractivity contribution in [3.63, 3.8) is 0 Å². The van der Waals surface area contributed by atoms with Gasteiger partial charge >= 0.3 is 5.97 Å². The Morgan fingerprint density at radius 2 is 2.23 bits per heavy atom. The summed E-state index contributed by atoms with van der Waals surface area (Å²) in [5.41, 5.74) is 1.19. The third-order valence-corrected chi connectivity index (χ3v) is 5.15. The number of rotatable bonds is 6. The van der Waals surface area contributed by atoms with E-state index in [0.29, 0.717) is 19.1 Å². The smallest absolute Gasteiger partial charge is 0.323 e. The first-order valence-corrected chi connectivity index (χ1v) is 8.75. The first kappa shape index (κ1) is 15.5. The van der Waals surface area contributed by atoms with Crippen LogP contribution < -0.4 is 0 Å². The molecule has 2 heterocycles. The quantitative estimate of drug-likeness (QED) is 0.750. The second kappa shape index (κ2) is 6.79. The SMILES string of the molecule is COC(=O)[C@@H]1CCCN1CC(=O)N(Cc1ccsc1)C1CC1. The number of carbonyl (C=O) groups is 2. The van der Waals surface area contributed by atoms with Gasteiger partial charge in [-0.25, -0.2) is 0 Å². The lowest BCUT2D eigenvalue weighted by Crippen LogP contribution is -2.45. The van der Waals surface area contributed by atoms with Gasteiger partial charge in [0.1, 0.15) is 6.04 Å². The van der Waals surface area contributed by atoms with Crippen molar-refractivity contribution in [2.45, 2.75) is 44.3 Å². The van der Waals surface area contributed by atoms with Gasteiger partial charge in [0, 0.05) is 12.6 Å². The number of carbonyl (C=O) groups excluding carboxylic acids is 2. The Balaban J connectivity index is 1.62. The maximum absolute atomic E-state index is 12.7. The zero-order valence-electron chi connectivity index (χ0n) is 12.9. The highest BCUT2D eigenvalue weighted by Gasteiger charge is 2.37. The van der Waals surface area contributed by atoms with E-state index in [1.54, 1.807) is 11.3 Å². The molecule has 0 aromatic carbocycles. The van der Waals surface area contributed by atoms with Crippen molar-refractivity contribution in [3.05, 3.63) is 22.4 Å². The summed E-state index contributed by atoms with van der Waals surface area (Å²) in [5.74, 6) is -0.0920. The van der Waals surface area contributed by atoms with Crippen LogP contribution in [0.4, 0.5) is 0 Å². The van der Waals surface area contributed by atoms with Crippen LogP contribution in [0.3, 0.4) is 0 Å². The molecule has 1 aliphatic carbocycles. The van der Waals surface area contributed by atoms with Crippen LogP contribution in [0, 0.1) is 0 Å². The number of hydrogen-bond donors (Lipinski definition) is 0. The summed E-state index contributed by atoms with van der Waals surface area (Å²) in [6.45, 7) is 1.80. The van der Waals surface area contributed by atoms with Crippen LogP contribution in [-0.2, 0) is 20.9 Å². The predicted octanol–water partition coefficient (Wildman–Crippen LogP) is 1.88. The van der Waals surface area contributed by atoms with Crippen LogP contribution in [0.15, 0.2) is 16.8 Å². The minimum absolute atomic E-state index is 0.129. The molecule has 0 N–H and O–H groups in total. The molecule has 3 rings (SSSR count). The highest BCUT2D eigenvalue weighted by Crippen LogP contribution is 2.29. The molecular weight excluding hydrogens is 300 g/mol. The normalized spacial score (nSPS) is 21.8. The van der Waals surface area contributed by atoms with Crippen molar-refractivity contribution in [2.24, 2.45) is 0 Å². The second-order valence-corrected chi connectivity index (χ2v) is 6.82. The average Bonchev–Trinajstić information content (AvgIpc) is 3.03. The van der Waals surface area contributed by atoms with Crippen molar-refractivity contribution >= 4 is 23.2 Å².